The number of methoxy groups -OCH3 is 4. The van der Waals surface area contributed by atoms with Crippen molar-refractivity contribution in [3.8, 4) is 28.7 Å². The second-order valence-corrected chi connectivity index (χ2v) is 5.77. The fourth-order valence-corrected chi connectivity index (χ4v) is 2.46. The minimum absolute atomic E-state index is 0.294. The van der Waals surface area contributed by atoms with Crippen LogP contribution in [0.3, 0.4) is 0 Å². The van der Waals surface area contributed by atoms with E-state index in [1.807, 2.05) is 0 Å². The summed E-state index contributed by atoms with van der Waals surface area (Å²) in [6.45, 7) is -0.294. The van der Waals surface area contributed by atoms with Crippen molar-refractivity contribution >= 4 is 17.9 Å². The zero-order valence-electron chi connectivity index (χ0n) is 17.2. The number of hydrazine groups is 1. The van der Waals surface area contributed by atoms with Crippen molar-refractivity contribution in [2.45, 2.75) is 0 Å². The lowest BCUT2D eigenvalue weighted by Crippen LogP contribution is -2.43. The van der Waals surface area contributed by atoms with E-state index in [9.17, 15) is 9.59 Å². The molecule has 0 bridgehead atoms. The quantitative estimate of drug-likeness (QED) is 0.476. The molecule has 0 radical (unpaired) electrons. The van der Waals surface area contributed by atoms with E-state index in [2.05, 4.69) is 10.9 Å². The molecule has 2 aromatic carbocycles. The van der Waals surface area contributed by atoms with Crippen molar-refractivity contribution in [2.24, 2.45) is 0 Å². The largest absolute Gasteiger partial charge is 0.493 e. The third-order valence-corrected chi connectivity index (χ3v) is 3.87. The van der Waals surface area contributed by atoms with Crippen LogP contribution >= 0.6 is 0 Å². The maximum absolute atomic E-state index is 12.0. The number of amides is 2. The van der Waals surface area contributed by atoms with Crippen LogP contribution in [-0.2, 0) is 9.59 Å². The Labute approximate surface area is 174 Å². The van der Waals surface area contributed by atoms with Gasteiger partial charge >= 0.3 is 0 Å². The fourth-order valence-electron chi connectivity index (χ4n) is 2.46. The number of ether oxygens (including phenoxy) is 5. The first kappa shape index (κ1) is 22.4. The summed E-state index contributed by atoms with van der Waals surface area (Å²) in [4.78, 5) is 23.8. The lowest BCUT2D eigenvalue weighted by atomic mass is 10.1. The zero-order valence-corrected chi connectivity index (χ0v) is 17.2. The van der Waals surface area contributed by atoms with Gasteiger partial charge in [-0.2, -0.15) is 0 Å². The van der Waals surface area contributed by atoms with E-state index in [1.54, 1.807) is 36.4 Å². The minimum atomic E-state index is -0.533. The van der Waals surface area contributed by atoms with Crippen LogP contribution in [0.25, 0.3) is 6.08 Å². The topological polar surface area (TPSA) is 104 Å². The molecule has 0 saturated heterocycles. The van der Waals surface area contributed by atoms with E-state index in [0.29, 0.717) is 34.3 Å². The van der Waals surface area contributed by atoms with Gasteiger partial charge in [0.25, 0.3) is 11.8 Å². The number of carbonyl (C=O) groups is 2. The zero-order chi connectivity index (χ0) is 21.9. The molecule has 0 aromatic heterocycles. The van der Waals surface area contributed by atoms with E-state index in [-0.39, 0.29) is 6.61 Å². The Kier molecular flexibility index (Phi) is 8.37. The molecule has 30 heavy (non-hydrogen) atoms. The number of benzene rings is 2. The average molecular weight is 416 g/mol. The Morgan fingerprint density at radius 2 is 1.43 bits per heavy atom. The molecule has 9 heteroatoms. The molecule has 0 aliphatic carbocycles. The molecule has 0 aliphatic rings. The Balaban J connectivity index is 1.89. The third-order valence-electron chi connectivity index (χ3n) is 3.87. The third kappa shape index (κ3) is 6.06. The van der Waals surface area contributed by atoms with Crippen LogP contribution in [0.1, 0.15) is 5.56 Å². The standard InChI is InChI=1S/C21H24N2O7/c1-26-15-7-5-6-8-16(15)30-13-20(25)23-22-19(24)10-9-14-11-17(27-2)21(29-4)18(12-14)28-3/h5-12H,13H2,1-4H3,(H,22,24)(H,23,25)/b10-9+. The van der Waals surface area contributed by atoms with Gasteiger partial charge < -0.3 is 23.7 Å². The molecule has 0 atom stereocenters. The molecule has 0 fully saturated rings. The molecule has 9 nitrogen and oxygen atoms in total. The predicted octanol–water partition coefficient (Wildman–Crippen LogP) is 1.96. The summed E-state index contributed by atoms with van der Waals surface area (Å²) in [7, 11) is 6.01. The highest BCUT2D eigenvalue weighted by atomic mass is 16.5. The Bertz CT molecular complexity index is 887. The number of rotatable bonds is 9. The normalized spacial score (nSPS) is 10.3. The highest BCUT2D eigenvalue weighted by Gasteiger charge is 2.12. The summed E-state index contributed by atoms with van der Waals surface area (Å²) in [6, 6.07) is 10.3. The molecule has 0 spiro atoms. The van der Waals surface area contributed by atoms with Gasteiger partial charge in [0.1, 0.15) is 0 Å². The van der Waals surface area contributed by atoms with Crippen LogP contribution in [0.4, 0.5) is 0 Å². The van der Waals surface area contributed by atoms with Crippen LogP contribution in [0.2, 0.25) is 0 Å². The summed E-state index contributed by atoms with van der Waals surface area (Å²) in [5, 5.41) is 0. The summed E-state index contributed by atoms with van der Waals surface area (Å²) in [5.41, 5.74) is 5.18. The predicted molar refractivity (Wildman–Crippen MR) is 110 cm³/mol. The maximum Gasteiger partial charge on any atom is 0.276 e. The van der Waals surface area contributed by atoms with Gasteiger partial charge in [-0.1, -0.05) is 12.1 Å². The van der Waals surface area contributed by atoms with E-state index in [4.69, 9.17) is 23.7 Å². The molecular formula is C21H24N2O7. The van der Waals surface area contributed by atoms with Crippen molar-refractivity contribution in [1.29, 1.82) is 0 Å². The summed E-state index contributed by atoms with van der Waals surface area (Å²) in [6.07, 6.45) is 2.79. The summed E-state index contributed by atoms with van der Waals surface area (Å²) >= 11 is 0. The van der Waals surface area contributed by atoms with Gasteiger partial charge in [0.15, 0.2) is 29.6 Å². The molecule has 0 aliphatic heterocycles. The monoisotopic (exact) mass is 416 g/mol. The van der Waals surface area contributed by atoms with Gasteiger partial charge in [0.05, 0.1) is 28.4 Å². The smallest absolute Gasteiger partial charge is 0.276 e. The van der Waals surface area contributed by atoms with Crippen molar-refractivity contribution in [3.63, 3.8) is 0 Å². The molecule has 0 unspecified atom stereocenters. The van der Waals surface area contributed by atoms with Gasteiger partial charge in [-0.15, -0.1) is 0 Å². The van der Waals surface area contributed by atoms with Crippen molar-refractivity contribution in [1.82, 2.24) is 10.9 Å². The van der Waals surface area contributed by atoms with E-state index in [0.717, 1.165) is 0 Å². The molecule has 2 aromatic rings. The van der Waals surface area contributed by atoms with Gasteiger partial charge in [-0.05, 0) is 35.9 Å². The van der Waals surface area contributed by atoms with Crippen LogP contribution < -0.4 is 34.5 Å². The number of carbonyl (C=O) groups excluding carboxylic acids is 2. The van der Waals surface area contributed by atoms with E-state index in [1.165, 1.54) is 40.6 Å². The van der Waals surface area contributed by atoms with E-state index < -0.39 is 11.8 Å². The SMILES string of the molecule is COc1ccccc1OCC(=O)NNC(=O)/C=C/c1cc(OC)c(OC)c(OC)c1. The lowest BCUT2D eigenvalue weighted by molar-refractivity contribution is -0.128. The van der Waals surface area contributed by atoms with Crippen molar-refractivity contribution in [2.75, 3.05) is 35.0 Å². The second-order valence-electron chi connectivity index (χ2n) is 5.77. The van der Waals surface area contributed by atoms with E-state index >= 15 is 0 Å². The molecule has 2 N–H and O–H groups in total. The molecule has 2 amide bonds. The maximum atomic E-state index is 12.0. The van der Waals surface area contributed by atoms with Crippen LogP contribution in [-0.4, -0.2) is 46.9 Å². The first-order chi connectivity index (χ1) is 14.5. The average Bonchev–Trinajstić information content (AvgIpc) is 2.79. The van der Waals surface area contributed by atoms with Crippen LogP contribution in [0.5, 0.6) is 28.7 Å². The molecule has 160 valence electrons. The fraction of sp³-hybridized carbons (Fsp3) is 0.238. The van der Waals surface area contributed by atoms with Crippen LogP contribution in [0, 0.1) is 0 Å². The molecule has 0 heterocycles. The van der Waals surface area contributed by atoms with Crippen LogP contribution in [0.15, 0.2) is 42.5 Å². The summed E-state index contributed by atoms with van der Waals surface area (Å²) in [5.74, 6) is 1.22. The lowest BCUT2D eigenvalue weighted by Gasteiger charge is -2.12. The number of nitrogens with one attached hydrogen (secondary N) is 2. The minimum Gasteiger partial charge on any atom is -0.493 e. The van der Waals surface area contributed by atoms with Gasteiger partial charge in [-0.3, -0.25) is 20.4 Å². The van der Waals surface area contributed by atoms with Gasteiger partial charge in [0, 0.05) is 6.08 Å². The first-order valence-corrected chi connectivity index (χ1v) is 8.85. The Hall–Kier alpha value is -3.88. The van der Waals surface area contributed by atoms with Gasteiger partial charge in [-0.25, -0.2) is 0 Å². The highest BCUT2D eigenvalue weighted by Crippen LogP contribution is 2.38. The molecule has 0 saturated carbocycles. The van der Waals surface area contributed by atoms with Gasteiger partial charge in [0.2, 0.25) is 5.75 Å². The molecule has 2 rings (SSSR count). The number of hydrogen-bond acceptors (Lipinski definition) is 7. The number of hydrogen-bond donors (Lipinski definition) is 2. The number of para-hydroxylation sites is 2. The Morgan fingerprint density at radius 1 is 0.833 bits per heavy atom. The summed E-state index contributed by atoms with van der Waals surface area (Å²) < 4.78 is 26.3. The second kappa shape index (κ2) is 11.2. The highest BCUT2D eigenvalue weighted by molar-refractivity contribution is 5.93. The molecular weight excluding hydrogens is 392 g/mol. The van der Waals surface area contributed by atoms with Crippen molar-refractivity contribution in [3.05, 3.63) is 48.0 Å². The Morgan fingerprint density at radius 3 is 2.00 bits per heavy atom. The van der Waals surface area contributed by atoms with Crippen molar-refractivity contribution < 1.29 is 33.3 Å². The first-order valence-electron chi connectivity index (χ1n) is 8.85.